The van der Waals surface area contributed by atoms with Crippen molar-refractivity contribution in [1.82, 2.24) is 19.7 Å². The fraction of sp³-hybridized carbons (Fsp3) is 0.182. The van der Waals surface area contributed by atoms with Crippen LogP contribution in [0.5, 0.6) is 0 Å². The Balaban J connectivity index is 1.53. The summed E-state index contributed by atoms with van der Waals surface area (Å²) in [6.07, 6.45) is 1.48. The number of nitrogens with one attached hydrogen (secondary N) is 1. The monoisotopic (exact) mass is 567 g/mol. The lowest BCUT2D eigenvalue weighted by atomic mass is 10.1. The van der Waals surface area contributed by atoms with E-state index in [0.717, 1.165) is 11.6 Å². The molecule has 0 aliphatic rings. The Morgan fingerprint density at radius 2 is 1.97 bits per heavy atom. The Morgan fingerprint density at radius 3 is 2.74 bits per heavy atom. The summed E-state index contributed by atoms with van der Waals surface area (Å²) in [5.74, 6) is 0.0112. The van der Waals surface area contributed by atoms with E-state index in [9.17, 15) is 14.0 Å². The molecule has 2 heterocycles. The van der Waals surface area contributed by atoms with Crippen molar-refractivity contribution >= 4 is 92.5 Å². The van der Waals surface area contributed by atoms with Crippen molar-refractivity contribution < 1.29 is 14.0 Å². The number of ketones is 2. The third kappa shape index (κ3) is 6.42. The van der Waals surface area contributed by atoms with Crippen molar-refractivity contribution in [2.24, 2.45) is 0 Å². The van der Waals surface area contributed by atoms with Gasteiger partial charge in [-0.15, -0.1) is 0 Å². The van der Waals surface area contributed by atoms with Crippen LogP contribution in [0.3, 0.4) is 0 Å². The van der Waals surface area contributed by atoms with E-state index in [0.29, 0.717) is 30.8 Å². The molecule has 0 radical (unpaired) electrons. The number of hydrogen-bond acceptors (Lipinski definition) is 9. The zero-order chi connectivity index (χ0) is 25.1. The molecule has 0 spiro atoms. The minimum Gasteiger partial charge on any atom is -0.337 e. The first-order chi connectivity index (χ1) is 16.7. The second-order valence-electron chi connectivity index (χ2n) is 7.44. The first kappa shape index (κ1) is 25.6. The average molecular weight is 569 g/mol. The molecular formula is C22H16Cl2FN5O2S3. The number of thioether (sulfide) groups is 1. The number of halogens is 3. The van der Waals surface area contributed by atoms with Crippen molar-refractivity contribution in [3.05, 3.63) is 62.0 Å². The van der Waals surface area contributed by atoms with E-state index in [-0.39, 0.29) is 40.3 Å². The molecule has 35 heavy (non-hydrogen) atoms. The van der Waals surface area contributed by atoms with Gasteiger partial charge in [0.05, 0.1) is 27.0 Å². The van der Waals surface area contributed by atoms with Crippen LogP contribution in [-0.4, -0.2) is 37.1 Å². The number of carbonyl (C=O) groups excluding carboxylic acids is 2. The summed E-state index contributed by atoms with van der Waals surface area (Å²) in [6.45, 7) is 1.52. The number of carbonyl (C=O) groups is 2. The van der Waals surface area contributed by atoms with E-state index in [2.05, 4.69) is 20.4 Å². The third-order valence-electron chi connectivity index (χ3n) is 4.68. The van der Waals surface area contributed by atoms with Gasteiger partial charge in [-0.2, -0.15) is 5.10 Å². The van der Waals surface area contributed by atoms with Crippen LogP contribution < -0.4 is 5.32 Å². The molecule has 13 heteroatoms. The van der Waals surface area contributed by atoms with E-state index < -0.39 is 5.82 Å². The zero-order valence-electron chi connectivity index (χ0n) is 18.0. The summed E-state index contributed by atoms with van der Waals surface area (Å²) >= 11 is 19.8. The maximum atomic E-state index is 14.4. The molecule has 0 amide bonds. The molecule has 0 unspecified atom stereocenters. The molecule has 2 aromatic heterocycles. The highest BCUT2D eigenvalue weighted by Crippen LogP contribution is 2.31. The first-order valence-electron chi connectivity index (χ1n) is 10.1. The summed E-state index contributed by atoms with van der Waals surface area (Å²) in [6, 6.07) is 7.83. The number of benzene rings is 2. The van der Waals surface area contributed by atoms with Gasteiger partial charge >= 0.3 is 0 Å². The van der Waals surface area contributed by atoms with Crippen LogP contribution in [-0.2, 0) is 22.6 Å². The Kier molecular flexibility index (Phi) is 8.12. The summed E-state index contributed by atoms with van der Waals surface area (Å²) in [4.78, 5) is 32.4. The number of hydrogen-bond donors (Lipinski definition) is 1. The normalized spacial score (nSPS) is 11.1. The van der Waals surface area contributed by atoms with Gasteiger partial charge in [-0.05, 0) is 49.0 Å². The minimum absolute atomic E-state index is 0.0128. The Labute approximate surface area is 222 Å². The largest absolute Gasteiger partial charge is 0.337 e. The smallest absolute Gasteiger partial charge is 0.180 e. The molecule has 2 aromatic carbocycles. The summed E-state index contributed by atoms with van der Waals surface area (Å²) in [7, 11) is 0. The molecule has 4 rings (SSSR count). The lowest BCUT2D eigenvalue weighted by Gasteiger charge is -2.11. The summed E-state index contributed by atoms with van der Waals surface area (Å²) < 4.78 is 16.9. The zero-order valence-corrected chi connectivity index (χ0v) is 22.0. The predicted octanol–water partition coefficient (Wildman–Crippen LogP) is 6.30. The average Bonchev–Trinajstić information content (AvgIpc) is 3.15. The molecule has 0 saturated heterocycles. The summed E-state index contributed by atoms with van der Waals surface area (Å²) in [5, 5.41) is 8.17. The molecule has 0 aliphatic carbocycles. The Morgan fingerprint density at radius 1 is 1.20 bits per heavy atom. The molecule has 0 bridgehead atoms. The number of aromatic nitrogens is 4. The second kappa shape index (κ2) is 11.1. The van der Waals surface area contributed by atoms with Crippen LogP contribution in [0.1, 0.15) is 12.5 Å². The highest BCUT2D eigenvalue weighted by molar-refractivity contribution is 8.01. The molecule has 180 valence electrons. The number of fused-ring (bicyclic) bond motifs is 1. The third-order valence-corrected chi connectivity index (χ3v) is 7.98. The first-order valence-corrected chi connectivity index (χ1v) is 13.0. The molecular weight excluding hydrogens is 552 g/mol. The van der Waals surface area contributed by atoms with Crippen LogP contribution in [0.25, 0.3) is 10.9 Å². The van der Waals surface area contributed by atoms with Gasteiger partial charge in [0.25, 0.3) is 0 Å². The van der Waals surface area contributed by atoms with Crippen LogP contribution in [0, 0.1) is 9.77 Å². The van der Waals surface area contributed by atoms with Crippen LogP contribution in [0.4, 0.5) is 15.9 Å². The van der Waals surface area contributed by atoms with E-state index in [1.807, 2.05) is 0 Å². The van der Waals surface area contributed by atoms with Gasteiger partial charge in [-0.1, -0.05) is 52.4 Å². The molecule has 1 N–H and O–H groups in total. The van der Waals surface area contributed by atoms with Gasteiger partial charge in [0.1, 0.15) is 30.3 Å². The number of Topliss-reactive ketones (excluding diaryl/α,β-unsaturated/α-hetero) is 2. The number of rotatable bonds is 9. The maximum Gasteiger partial charge on any atom is 0.180 e. The lowest BCUT2D eigenvalue weighted by Crippen LogP contribution is -2.14. The predicted molar refractivity (Wildman–Crippen MR) is 140 cm³/mol. The van der Waals surface area contributed by atoms with E-state index >= 15 is 0 Å². The van der Waals surface area contributed by atoms with Crippen molar-refractivity contribution in [2.45, 2.75) is 24.2 Å². The number of nitrogens with zero attached hydrogens (tertiary/aromatic N) is 4. The van der Waals surface area contributed by atoms with Crippen LogP contribution >= 0.6 is 58.5 Å². The second-order valence-corrected chi connectivity index (χ2v) is 11.1. The Bertz CT molecular complexity index is 1510. The standard InChI is InChI=1S/C22H16Cl2FN5O2S3/c1-11(31)9-34-21-29-30(22(33)35-21)8-13(32)4-12-2-3-18-14(5-12)20(27-10-26-18)28-19-7-16(24)15(23)6-17(19)25/h2-3,5-7,10H,4,8-9H2,1H3,(H,26,27,28). The maximum absolute atomic E-state index is 14.4. The molecule has 0 saturated carbocycles. The van der Waals surface area contributed by atoms with E-state index in [4.69, 9.17) is 35.4 Å². The van der Waals surface area contributed by atoms with Crippen molar-refractivity contribution in [1.29, 1.82) is 0 Å². The van der Waals surface area contributed by atoms with Crippen molar-refractivity contribution in [2.75, 3.05) is 11.1 Å². The van der Waals surface area contributed by atoms with Gasteiger partial charge in [0.2, 0.25) is 0 Å². The minimum atomic E-state index is -0.585. The molecule has 7 nitrogen and oxygen atoms in total. The van der Waals surface area contributed by atoms with Crippen molar-refractivity contribution in [3.63, 3.8) is 0 Å². The fourth-order valence-corrected chi connectivity index (χ4v) is 5.56. The summed E-state index contributed by atoms with van der Waals surface area (Å²) in [5.41, 5.74) is 1.45. The van der Waals surface area contributed by atoms with Crippen molar-refractivity contribution in [3.8, 4) is 0 Å². The number of anilines is 2. The molecule has 0 aliphatic heterocycles. The highest BCUT2D eigenvalue weighted by atomic mass is 35.5. The van der Waals surface area contributed by atoms with E-state index in [1.54, 1.807) is 18.2 Å². The van der Waals surface area contributed by atoms with Crippen LogP contribution in [0.2, 0.25) is 10.0 Å². The highest BCUT2D eigenvalue weighted by Gasteiger charge is 2.14. The van der Waals surface area contributed by atoms with Gasteiger partial charge in [-0.25, -0.2) is 19.0 Å². The molecule has 4 aromatic rings. The quantitative estimate of drug-likeness (QED) is 0.143. The van der Waals surface area contributed by atoms with Gasteiger partial charge in [0.15, 0.2) is 14.1 Å². The molecule has 0 atom stereocenters. The van der Waals surface area contributed by atoms with Gasteiger partial charge < -0.3 is 5.32 Å². The van der Waals surface area contributed by atoms with Crippen LogP contribution in [0.15, 0.2) is 41.0 Å². The van der Waals surface area contributed by atoms with E-state index in [1.165, 1.54) is 47.1 Å². The topological polar surface area (TPSA) is 89.8 Å². The van der Waals surface area contributed by atoms with Gasteiger partial charge in [0, 0.05) is 11.8 Å². The molecule has 0 fully saturated rings. The van der Waals surface area contributed by atoms with Gasteiger partial charge in [-0.3, -0.25) is 9.59 Å². The SMILES string of the molecule is CC(=O)CSc1nn(CC(=O)Cc2ccc3ncnc(Nc4cc(Cl)c(Cl)cc4F)c3c2)c(=S)s1. The Hall–Kier alpha value is -2.44. The lowest BCUT2D eigenvalue weighted by molar-refractivity contribution is -0.119. The fourth-order valence-electron chi connectivity index (χ4n) is 3.12.